The molecule has 1 aliphatic heterocycles. The van der Waals surface area contributed by atoms with Gasteiger partial charge in [0, 0.05) is 33.0 Å². The fourth-order valence-corrected chi connectivity index (χ4v) is 2.87. The van der Waals surface area contributed by atoms with Crippen molar-refractivity contribution in [2.75, 3.05) is 37.5 Å². The van der Waals surface area contributed by atoms with Crippen molar-refractivity contribution in [3.05, 3.63) is 30.4 Å². The van der Waals surface area contributed by atoms with Crippen molar-refractivity contribution < 1.29 is 9.53 Å². The van der Waals surface area contributed by atoms with Crippen LogP contribution in [0.1, 0.15) is 12.0 Å². The largest absolute Gasteiger partial charge is 0.379 e. The van der Waals surface area contributed by atoms with Crippen molar-refractivity contribution in [3.63, 3.8) is 0 Å². The van der Waals surface area contributed by atoms with Gasteiger partial charge in [0.05, 0.1) is 24.9 Å². The maximum absolute atomic E-state index is 12.4. The van der Waals surface area contributed by atoms with Crippen LogP contribution in [0, 0.1) is 6.92 Å². The lowest BCUT2D eigenvalue weighted by Crippen LogP contribution is -2.53. The Morgan fingerprint density at radius 2 is 2.23 bits per heavy atom. The minimum absolute atomic E-state index is 0.0364. The molecule has 2 N–H and O–H groups in total. The standard InChI is InChI=1S/C17H25N7O2/c1-12-7-20-24(8-12)9-17(25)22-13-4-5-26-10-14(13)21-15-6-16(23(2)3)19-11-18-15/h6-8,11,13-14H,4-5,9-10H2,1-3H3,(H,22,25)(H,18,19,21)/t13-,14+/m0/s1. The second-order valence-corrected chi connectivity index (χ2v) is 6.66. The topological polar surface area (TPSA) is 97.2 Å². The molecule has 1 saturated heterocycles. The van der Waals surface area contributed by atoms with Crippen LogP contribution >= 0.6 is 0 Å². The molecule has 3 heterocycles. The van der Waals surface area contributed by atoms with Gasteiger partial charge in [0.1, 0.15) is 24.5 Å². The van der Waals surface area contributed by atoms with E-state index in [1.807, 2.05) is 38.2 Å². The van der Waals surface area contributed by atoms with Crippen molar-refractivity contribution in [3.8, 4) is 0 Å². The number of nitrogens with zero attached hydrogens (tertiary/aromatic N) is 5. The van der Waals surface area contributed by atoms with E-state index in [-0.39, 0.29) is 24.5 Å². The van der Waals surface area contributed by atoms with E-state index in [1.165, 1.54) is 6.33 Å². The molecule has 0 spiro atoms. The molecule has 0 aliphatic carbocycles. The van der Waals surface area contributed by atoms with Gasteiger partial charge in [-0.1, -0.05) is 0 Å². The van der Waals surface area contributed by atoms with Crippen LogP contribution in [0.3, 0.4) is 0 Å². The second kappa shape index (κ2) is 8.13. The monoisotopic (exact) mass is 359 g/mol. The van der Waals surface area contributed by atoms with Gasteiger partial charge in [0.2, 0.25) is 5.91 Å². The average molecular weight is 359 g/mol. The van der Waals surface area contributed by atoms with E-state index >= 15 is 0 Å². The number of amides is 1. The van der Waals surface area contributed by atoms with Gasteiger partial charge in [-0.15, -0.1) is 0 Å². The third-order valence-corrected chi connectivity index (χ3v) is 4.21. The van der Waals surface area contributed by atoms with Crippen LogP contribution in [0.5, 0.6) is 0 Å². The lowest BCUT2D eigenvalue weighted by atomic mass is 10.0. The molecule has 9 nitrogen and oxygen atoms in total. The highest BCUT2D eigenvalue weighted by Crippen LogP contribution is 2.16. The highest BCUT2D eigenvalue weighted by molar-refractivity contribution is 5.76. The fraction of sp³-hybridized carbons (Fsp3) is 0.529. The molecule has 0 bridgehead atoms. The SMILES string of the molecule is Cc1cnn(CC(=O)N[C@H]2CCOC[C@H]2Nc2cc(N(C)C)ncn2)c1. The van der Waals surface area contributed by atoms with Crippen LogP contribution in [0.25, 0.3) is 0 Å². The van der Waals surface area contributed by atoms with Crippen LogP contribution < -0.4 is 15.5 Å². The van der Waals surface area contributed by atoms with Crippen molar-refractivity contribution in [2.24, 2.45) is 0 Å². The maximum atomic E-state index is 12.4. The Morgan fingerprint density at radius 1 is 1.38 bits per heavy atom. The van der Waals surface area contributed by atoms with Gasteiger partial charge in [-0.05, 0) is 18.9 Å². The zero-order valence-corrected chi connectivity index (χ0v) is 15.3. The number of hydrogen-bond donors (Lipinski definition) is 2. The number of ether oxygens (including phenoxy) is 1. The molecule has 26 heavy (non-hydrogen) atoms. The molecule has 2 aromatic heterocycles. The quantitative estimate of drug-likeness (QED) is 0.772. The molecular formula is C17H25N7O2. The number of aryl methyl sites for hydroxylation is 1. The Bertz CT molecular complexity index is 746. The summed E-state index contributed by atoms with van der Waals surface area (Å²) in [5.41, 5.74) is 1.03. The van der Waals surface area contributed by atoms with Crippen molar-refractivity contribution >= 4 is 17.5 Å². The summed E-state index contributed by atoms with van der Waals surface area (Å²) >= 11 is 0. The summed E-state index contributed by atoms with van der Waals surface area (Å²) in [7, 11) is 3.85. The first-order chi connectivity index (χ1) is 12.5. The number of rotatable bonds is 6. The number of hydrogen-bond acceptors (Lipinski definition) is 7. The summed E-state index contributed by atoms with van der Waals surface area (Å²) < 4.78 is 7.22. The van der Waals surface area contributed by atoms with E-state index in [0.29, 0.717) is 19.0 Å². The number of nitrogens with one attached hydrogen (secondary N) is 2. The number of anilines is 2. The summed E-state index contributed by atoms with van der Waals surface area (Å²) in [5, 5.41) is 10.6. The maximum Gasteiger partial charge on any atom is 0.242 e. The lowest BCUT2D eigenvalue weighted by molar-refractivity contribution is -0.123. The van der Waals surface area contributed by atoms with Gasteiger partial charge in [0.25, 0.3) is 0 Å². The molecule has 140 valence electrons. The Hall–Kier alpha value is -2.68. The average Bonchev–Trinajstić information content (AvgIpc) is 3.01. The van der Waals surface area contributed by atoms with E-state index in [1.54, 1.807) is 10.9 Å². The molecule has 2 aromatic rings. The first-order valence-corrected chi connectivity index (χ1v) is 8.63. The Kier molecular flexibility index (Phi) is 5.67. The van der Waals surface area contributed by atoms with E-state index in [9.17, 15) is 4.79 Å². The number of aromatic nitrogens is 4. The third-order valence-electron chi connectivity index (χ3n) is 4.21. The molecule has 0 unspecified atom stereocenters. The lowest BCUT2D eigenvalue weighted by Gasteiger charge is -2.33. The summed E-state index contributed by atoms with van der Waals surface area (Å²) in [6, 6.07) is 1.78. The molecule has 1 fully saturated rings. The Morgan fingerprint density at radius 3 is 2.96 bits per heavy atom. The smallest absolute Gasteiger partial charge is 0.242 e. The highest BCUT2D eigenvalue weighted by Gasteiger charge is 2.27. The second-order valence-electron chi connectivity index (χ2n) is 6.66. The summed E-state index contributed by atoms with van der Waals surface area (Å²) in [5.74, 6) is 1.46. The van der Waals surface area contributed by atoms with Crippen LogP contribution in [-0.2, 0) is 16.1 Å². The van der Waals surface area contributed by atoms with Gasteiger partial charge < -0.3 is 20.3 Å². The number of carbonyl (C=O) groups is 1. The highest BCUT2D eigenvalue weighted by atomic mass is 16.5. The van der Waals surface area contributed by atoms with Gasteiger partial charge in [-0.3, -0.25) is 9.48 Å². The molecule has 0 aromatic carbocycles. The molecule has 2 atom stereocenters. The molecule has 1 amide bonds. The minimum Gasteiger partial charge on any atom is -0.379 e. The van der Waals surface area contributed by atoms with Gasteiger partial charge in [-0.25, -0.2) is 9.97 Å². The normalized spacial score (nSPS) is 19.8. The molecule has 1 aliphatic rings. The van der Waals surface area contributed by atoms with Gasteiger partial charge in [0.15, 0.2) is 0 Å². The number of carbonyl (C=O) groups excluding carboxylic acids is 1. The summed E-state index contributed by atoms with van der Waals surface area (Å²) in [6.07, 6.45) is 5.86. The van der Waals surface area contributed by atoms with Crippen LogP contribution in [0.15, 0.2) is 24.8 Å². The van der Waals surface area contributed by atoms with Crippen LogP contribution in [0.2, 0.25) is 0 Å². The fourth-order valence-electron chi connectivity index (χ4n) is 2.87. The zero-order chi connectivity index (χ0) is 18.5. The molecule has 0 saturated carbocycles. The predicted octanol–water partition coefficient (Wildman–Crippen LogP) is 0.433. The van der Waals surface area contributed by atoms with E-state index in [4.69, 9.17) is 4.74 Å². The first-order valence-electron chi connectivity index (χ1n) is 8.63. The summed E-state index contributed by atoms with van der Waals surface area (Å²) in [4.78, 5) is 22.8. The molecular weight excluding hydrogens is 334 g/mol. The van der Waals surface area contributed by atoms with Crippen molar-refractivity contribution in [1.82, 2.24) is 25.1 Å². The Labute approximate surface area is 152 Å². The van der Waals surface area contributed by atoms with Crippen molar-refractivity contribution in [1.29, 1.82) is 0 Å². The van der Waals surface area contributed by atoms with E-state index in [0.717, 1.165) is 17.8 Å². The zero-order valence-electron chi connectivity index (χ0n) is 15.3. The van der Waals surface area contributed by atoms with Crippen LogP contribution in [-0.4, -0.2) is 65.0 Å². The van der Waals surface area contributed by atoms with Gasteiger partial charge in [-0.2, -0.15) is 5.10 Å². The van der Waals surface area contributed by atoms with Gasteiger partial charge >= 0.3 is 0 Å². The van der Waals surface area contributed by atoms with E-state index < -0.39 is 0 Å². The summed E-state index contributed by atoms with van der Waals surface area (Å²) in [6.45, 7) is 3.28. The first kappa shape index (κ1) is 18.1. The molecule has 3 rings (SSSR count). The third kappa shape index (κ3) is 4.69. The molecule has 9 heteroatoms. The van der Waals surface area contributed by atoms with Crippen molar-refractivity contribution in [2.45, 2.75) is 32.0 Å². The van der Waals surface area contributed by atoms with E-state index in [2.05, 4.69) is 25.7 Å². The predicted molar refractivity (Wildman–Crippen MR) is 98.1 cm³/mol. The van der Waals surface area contributed by atoms with Crippen LogP contribution in [0.4, 0.5) is 11.6 Å². The minimum atomic E-state index is -0.0662. The molecule has 0 radical (unpaired) electrons. The Balaban J connectivity index is 1.62.